The van der Waals surface area contributed by atoms with E-state index >= 15 is 0 Å². The first-order valence-corrected chi connectivity index (χ1v) is 7.77. The molecule has 0 bridgehead atoms. The molecule has 0 aliphatic heterocycles. The fourth-order valence-corrected chi connectivity index (χ4v) is 2.49. The van der Waals surface area contributed by atoms with E-state index in [9.17, 15) is 19.5 Å². The van der Waals surface area contributed by atoms with Crippen molar-refractivity contribution in [2.45, 2.75) is 12.5 Å². The average molecular weight is 392 g/mol. The van der Waals surface area contributed by atoms with Gasteiger partial charge in [-0.15, -0.1) is 0 Å². The van der Waals surface area contributed by atoms with Crippen molar-refractivity contribution in [2.75, 3.05) is 0 Å². The predicted octanol–water partition coefficient (Wildman–Crippen LogP) is 2.57. The highest BCUT2D eigenvalue weighted by Crippen LogP contribution is 2.12. The number of hydrogen-bond donors (Lipinski definition) is 3. The van der Waals surface area contributed by atoms with E-state index in [2.05, 4.69) is 21.2 Å². The Bertz CT molecular complexity index is 773. The number of amides is 1. The highest BCUT2D eigenvalue weighted by molar-refractivity contribution is 9.10. The van der Waals surface area contributed by atoms with E-state index in [4.69, 9.17) is 5.11 Å². The van der Waals surface area contributed by atoms with E-state index in [1.807, 2.05) is 0 Å². The maximum atomic E-state index is 12.2. The number of carbonyl (C=O) groups is 3. The van der Waals surface area contributed by atoms with Crippen molar-refractivity contribution in [3.8, 4) is 0 Å². The normalized spacial score (nSPS) is 11.5. The summed E-state index contributed by atoms with van der Waals surface area (Å²) in [5.41, 5.74) is 1.07. The van der Waals surface area contributed by atoms with Crippen molar-refractivity contribution in [1.29, 1.82) is 0 Å². The lowest BCUT2D eigenvalue weighted by Crippen LogP contribution is -2.42. The average Bonchev–Trinajstić information content (AvgIpc) is 2.54. The second-order valence-electron chi connectivity index (χ2n) is 5.08. The molecule has 2 aromatic carbocycles. The number of aromatic carboxylic acids is 1. The van der Waals surface area contributed by atoms with E-state index in [0.717, 1.165) is 0 Å². The summed E-state index contributed by atoms with van der Waals surface area (Å²) in [6, 6.07) is 11.4. The highest BCUT2D eigenvalue weighted by Gasteiger charge is 2.21. The van der Waals surface area contributed by atoms with Gasteiger partial charge in [0.05, 0.1) is 5.56 Å². The third kappa shape index (κ3) is 4.66. The molecule has 2 rings (SSSR count). The smallest absolute Gasteiger partial charge is 0.335 e. The van der Waals surface area contributed by atoms with E-state index < -0.39 is 23.9 Å². The van der Waals surface area contributed by atoms with Crippen LogP contribution in [0.3, 0.4) is 0 Å². The number of halogens is 1. The lowest BCUT2D eigenvalue weighted by atomic mass is 10.0. The molecule has 7 heteroatoms. The van der Waals surface area contributed by atoms with Crippen LogP contribution in [0.5, 0.6) is 0 Å². The SMILES string of the molecule is O=C(O)c1ccc(C[C@@H](NC(=O)c2cccc(Br)c2)C(=O)O)cc1. The van der Waals surface area contributed by atoms with Crippen LogP contribution in [0.25, 0.3) is 0 Å². The number of benzene rings is 2. The molecule has 1 atom stereocenters. The van der Waals surface area contributed by atoms with Crippen molar-refractivity contribution in [2.24, 2.45) is 0 Å². The van der Waals surface area contributed by atoms with Gasteiger partial charge < -0.3 is 15.5 Å². The molecule has 0 unspecified atom stereocenters. The molecule has 0 spiro atoms. The van der Waals surface area contributed by atoms with E-state index in [-0.39, 0.29) is 12.0 Å². The van der Waals surface area contributed by atoms with Gasteiger partial charge in [-0.2, -0.15) is 0 Å². The Kier molecular flexibility index (Phi) is 5.70. The molecular weight excluding hydrogens is 378 g/mol. The second-order valence-corrected chi connectivity index (χ2v) is 6.00. The Labute approximate surface area is 146 Å². The van der Waals surface area contributed by atoms with Crippen molar-refractivity contribution in [3.63, 3.8) is 0 Å². The molecule has 2 aromatic rings. The highest BCUT2D eigenvalue weighted by atomic mass is 79.9. The van der Waals surface area contributed by atoms with Crippen LogP contribution in [0, 0.1) is 0 Å². The van der Waals surface area contributed by atoms with Gasteiger partial charge in [-0.1, -0.05) is 34.1 Å². The molecule has 6 nitrogen and oxygen atoms in total. The van der Waals surface area contributed by atoms with Gasteiger partial charge in [0, 0.05) is 16.5 Å². The van der Waals surface area contributed by atoms with Crippen LogP contribution < -0.4 is 5.32 Å². The Morgan fingerprint density at radius 2 is 1.67 bits per heavy atom. The Morgan fingerprint density at radius 1 is 1.00 bits per heavy atom. The Hall–Kier alpha value is -2.67. The van der Waals surface area contributed by atoms with Crippen LogP contribution in [0.1, 0.15) is 26.3 Å². The first-order valence-electron chi connectivity index (χ1n) is 6.98. The number of aliphatic carboxylic acids is 1. The zero-order valence-corrected chi connectivity index (χ0v) is 14.0. The maximum Gasteiger partial charge on any atom is 0.335 e. The Morgan fingerprint density at radius 3 is 2.21 bits per heavy atom. The van der Waals surface area contributed by atoms with E-state index in [0.29, 0.717) is 15.6 Å². The number of carboxylic acids is 2. The molecule has 0 radical (unpaired) electrons. The minimum absolute atomic E-state index is 0.0506. The van der Waals surface area contributed by atoms with Gasteiger partial charge >= 0.3 is 11.9 Å². The minimum Gasteiger partial charge on any atom is -0.480 e. The molecule has 24 heavy (non-hydrogen) atoms. The number of nitrogens with one attached hydrogen (secondary N) is 1. The Balaban J connectivity index is 2.10. The molecule has 0 saturated heterocycles. The van der Waals surface area contributed by atoms with Crippen molar-refractivity contribution >= 4 is 33.8 Å². The van der Waals surface area contributed by atoms with E-state index in [1.165, 1.54) is 24.3 Å². The number of rotatable bonds is 6. The molecule has 3 N–H and O–H groups in total. The zero-order valence-electron chi connectivity index (χ0n) is 12.4. The first kappa shape index (κ1) is 17.7. The van der Waals surface area contributed by atoms with Gasteiger partial charge in [0.1, 0.15) is 6.04 Å². The van der Waals surface area contributed by atoms with Gasteiger partial charge in [-0.3, -0.25) is 4.79 Å². The largest absolute Gasteiger partial charge is 0.480 e. The predicted molar refractivity (Wildman–Crippen MR) is 90.1 cm³/mol. The van der Waals surface area contributed by atoms with Gasteiger partial charge in [0.25, 0.3) is 5.91 Å². The summed E-state index contributed by atoms with van der Waals surface area (Å²) in [6.45, 7) is 0. The van der Waals surface area contributed by atoms with Crippen LogP contribution in [-0.4, -0.2) is 34.1 Å². The molecule has 0 aliphatic rings. The van der Waals surface area contributed by atoms with Crippen molar-refractivity contribution in [1.82, 2.24) is 5.32 Å². The first-order chi connectivity index (χ1) is 11.4. The minimum atomic E-state index is -1.17. The van der Waals surface area contributed by atoms with Gasteiger partial charge in [-0.05, 0) is 35.9 Å². The third-order valence-corrected chi connectivity index (χ3v) is 3.82. The molecule has 1 amide bonds. The summed E-state index contributed by atoms with van der Waals surface area (Å²) in [5.74, 6) is -2.72. The molecule has 0 aliphatic carbocycles. The molecule has 124 valence electrons. The topological polar surface area (TPSA) is 104 Å². The van der Waals surface area contributed by atoms with Crippen molar-refractivity contribution < 1.29 is 24.6 Å². The number of hydrogen-bond acceptors (Lipinski definition) is 3. The van der Waals surface area contributed by atoms with Crippen LogP contribution in [0.4, 0.5) is 0 Å². The lowest BCUT2D eigenvalue weighted by Gasteiger charge is -2.15. The molecule has 0 fully saturated rings. The van der Waals surface area contributed by atoms with Crippen LogP contribution in [-0.2, 0) is 11.2 Å². The monoisotopic (exact) mass is 391 g/mol. The lowest BCUT2D eigenvalue weighted by molar-refractivity contribution is -0.139. The fourth-order valence-electron chi connectivity index (χ4n) is 2.09. The van der Waals surface area contributed by atoms with Gasteiger partial charge in [0.15, 0.2) is 0 Å². The maximum absolute atomic E-state index is 12.2. The van der Waals surface area contributed by atoms with Gasteiger partial charge in [0.2, 0.25) is 0 Å². The van der Waals surface area contributed by atoms with Gasteiger partial charge in [-0.25, -0.2) is 9.59 Å². The summed E-state index contributed by atoms with van der Waals surface area (Å²) in [6.07, 6.45) is 0.0506. The standard InChI is InChI=1S/C17H14BrNO5/c18-13-3-1-2-12(9-13)15(20)19-14(17(23)24)8-10-4-6-11(7-5-10)16(21)22/h1-7,9,14H,8H2,(H,19,20)(H,21,22)(H,23,24)/t14-/m1/s1. The second kappa shape index (κ2) is 7.74. The third-order valence-electron chi connectivity index (χ3n) is 3.33. The van der Waals surface area contributed by atoms with Crippen molar-refractivity contribution in [3.05, 3.63) is 69.7 Å². The summed E-state index contributed by atoms with van der Waals surface area (Å²) >= 11 is 3.25. The number of carbonyl (C=O) groups excluding carboxylic acids is 1. The molecule has 0 saturated carbocycles. The summed E-state index contributed by atoms with van der Waals surface area (Å²) in [4.78, 5) is 34.4. The van der Waals surface area contributed by atoms with Crippen LogP contribution in [0.15, 0.2) is 53.0 Å². The summed E-state index contributed by atoms with van der Waals surface area (Å²) in [5, 5.41) is 20.6. The fraction of sp³-hybridized carbons (Fsp3) is 0.118. The van der Waals surface area contributed by atoms with Crippen LogP contribution in [0.2, 0.25) is 0 Å². The molecular formula is C17H14BrNO5. The number of carboxylic acid groups (broad SMARTS) is 2. The quantitative estimate of drug-likeness (QED) is 0.701. The molecule has 0 heterocycles. The zero-order chi connectivity index (χ0) is 17.7. The summed E-state index contributed by atoms with van der Waals surface area (Å²) in [7, 11) is 0. The van der Waals surface area contributed by atoms with E-state index in [1.54, 1.807) is 24.3 Å². The molecule has 0 aromatic heterocycles. The van der Waals surface area contributed by atoms with Crippen LogP contribution >= 0.6 is 15.9 Å². The summed E-state index contributed by atoms with van der Waals surface area (Å²) < 4.78 is 0.714.